The van der Waals surface area contributed by atoms with Crippen LogP contribution in [0.15, 0.2) is 12.1 Å². The van der Waals surface area contributed by atoms with E-state index in [1.807, 2.05) is 6.07 Å². The number of aromatic nitrogens is 1. The highest BCUT2D eigenvalue weighted by atomic mass is 35.5. The third kappa shape index (κ3) is 4.59. The van der Waals surface area contributed by atoms with Crippen molar-refractivity contribution in [3.05, 3.63) is 22.8 Å². The van der Waals surface area contributed by atoms with Gasteiger partial charge < -0.3 is 10.6 Å². The largest absolute Gasteiger partial charge is 0.384 e. The molecule has 2 heterocycles. The van der Waals surface area contributed by atoms with E-state index in [9.17, 15) is 0 Å². The lowest BCUT2D eigenvalue weighted by molar-refractivity contribution is 0.119. The average Bonchev–Trinajstić information content (AvgIpc) is 2.42. The molecule has 0 saturated carbocycles. The zero-order chi connectivity index (χ0) is 14.5. The molecule has 6 heteroatoms. The molecule has 0 amide bonds. The van der Waals surface area contributed by atoms with Crippen LogP contribution >= 0.6 is 11.6 Å². The van der Waals surface area contributed by atoms with Gasteiger partial charge in [-0.2, -0.15) is 0 Å². The Balaban J connectivity index is 1.81. The number of anilines is 1. The van der Waals surface area contributed by atoms with E-state index >= 15 is 0 Å². The lowest BCUT2D eigenvalue weighted by Gasteiger charge is -2.35. The van der Waals surface area contributed by atoms with Gasteiger partial charge in [0.25, 0.3) is 0 Å². The summed E-state index contributed by atoms with van der Waals surface area (Å²) in [7, 11) is 4.23. The minimum atomic E-state index is 0.536. The lowest BCUT2D eigenvalue weighted by atomic mass is 10.2. The summed E-state index contributed by atoms with van der Waals surface area (Å²) in [6.45, 7) is 7.36. The summed E-state index contributed by atoms with van der Waals surface area (Å²) in [5, 5.41) is 0.703. The molecule has 0 unspecified atom stereocenters. The van der Waals surface area contributed by atoms with E-state index in [1.165, 1.54) is 0 Å². The van der Waals surface area contributed by atoms with Crippen molar-refractivity contribution in [2.75, 3.05) is 59.1 Å². The standard InChI is InChI=1S/C14H24ClN5/c1-18(2)5-6-19-7-9-20(10-8-19)11-13-12(15)3-4-14(16)17-13/h3-4H,5-11H2,1-2H3,(H2,16,17). The molecule has 1 aromatic rings. The van der Waals surface area contributed by atoms with Crippen LogP contribution in [-0.2, 0) is 6.54 Å². The predicted octanol–water partition coefficient (Wildman–Crippen LogP) is 0.996. The fourth-order valence-corrected chi connectivity index (χ4v) is 2.50. The van der Waals surface area contributed by atoms with Crippen molar-refractivity contribution in [2.45, 2.75) is 6.54 Å². The van der Waals surface area contributed by atoms with E-state index in [0.717, 1.165) is 51.5 Å². The molecule has 112 valence electrons. The normalized spacial score (nSPS) is 17.8. The maximum Gasteiger partial charge on any atom is 0.123 e. The third-order valence-corrected chi connectivity index (χ3v) is 3.99. The van der Waals surface area contributed by atoms with Gasteiger partial charge in [-0.25, -0.2) is 4.98 Å². The highest BCUT2D eigenvalue weighted by Gasteiger charge is 2.18. The number of pyridine rings is 1. The summed E-state index contributed by atoms with van der Waals surface area (Å²) in [6, 6.07) is 3.57. The molecule has 20 heavy (non-hydrogen) atoms. The van der Waals surface area contributed by atoms with Gasteiger partial charge in [0, 0.05) is 45.8 Å². The maximum absolute atomic E-state index is 6.17. The number of piperazine rings is 1. The van der Waals surface area contributed by atoms with Crippen LogP contribution in [0.5, 0.6) is 0 Å². The van der Waals surface area contributed by atoms with Crippen molar-refractivity contribution in [1.29, 1.82) is 0 Å². The van der Waals surface area contributed by atoms with E-state index < -0.39 is 0 Å². The van der Waals surface area contributed by atoms with E-state index in [2.05, 4.69) is 33.8 Å². The molecule has 5 nitrogen and oxygen atoms in total. The zero-order valence-corrected chi connectivity index (χ0v) is 13.1. The van der Waals surface area contributed by atoms with Crippen molar-refractivity contribution in [3.63, 3.8) is 0 Å². The molecule has 0 atom stereocenters. The average molecular weight is 298 g/mol. The maximum atomic E-state index is 6.17. The molecule has 1 fully saturated rings. The first kappa shape index (κ1) is 15.5. The molecule has 0 radical (unpaired) electrons. The minimum Gasteiger partial charge on any atom is -0.384 e. The highest BCUT2D eigenvalue weighted by Crippen LogP contribution is 2.17. The second-order valence-electron chi connectivity index (χ2n) is 5.59. The molecule has 2 rings (SSSR count). The van der Waals surface area contributed by atoms with Crippen LogP contribution in [0.2, 0.25) is 5.02 Å². The molecule has 1 aromatic heterocycles. The summed E-state index contributed by atoms with van der Waals surface area (Å²) in [5.41, 5.74) is 6.60. The first-order valence-corrected chi connectivity index (χ1v) is 7.43. The van der Waals surface area contributed by atoms with Crippen LogP contribution in [-0.4, -0.2) is 73.0 Å². The Labute approximate surface area is 126 Å². The molecule has 2 N–H and O–H groups in total. The Hall–Kier alpha value is -0.880. The monoisotopic (exact) mass is 297 g/mol. The van der Waals surface area contributed by atoms with Crippen LogP contribution in [0.1, 0.15) is 5.69 Å². The molecule has 0 aromatic carbocycles. The second-order valence-corrected chi connectivity index (χ2v) is 5.99. The SMILES string of the molecule is CN(C)CCN1CCN(Cc2nc(N)ccc2Cl)CC1. The Bertz CT molecular complexity index is 430. The fourth-order valence-electron chi connectivity index (χ4n) is 2.34. The number of rotatable bonds is 5. The van der Waals surface area contributed by atoms with Gasteiger partial charge in [-0.3, -0.25) is 9.80 Å². The number of nitrogens with zero attached hydrogens (tertiary/aromatic N) is 4. The molecular weight excluding hydrogens is 274 g/mol. The summed E-state index contributed by atoms with van der Waals surface area (Å²) in [6.07, 6.45) is 0. The summed E-state index contributed by atoms with van der Waals surface area (Å²) < 4.78 is 0. The lowest BCUT2D eigenvalue weighted by Crippen LogP contribution is -2.47. The molecule has 1 saturated heterocycles. The minimum absolute atomic E-state index is 0.536. The quantitative estimate of drug-likeness (QED) is 0.878. The van der Waals surface area contributed by atoms with E-state index in [0.29, 0.717) is 10.8 Å². The first-order chi connectivity index (χ1) is 9.54. The van der Waals surface area contributed by atoms with Gasteiger partial charge in [-0.15, -0.1) is 0 Å². The van der Waals surface area contributed by atoms with Gasteiger partial charge in [-0.1, -0.05) is 11.6 Å². The van der Waals surface area contributed by atoms with Crippen LogP contribution in [0.3, 0.4) is 0 Å². The Morgan fingerprint density at radius 3 is 2.50 bits per heavy atom. The Morgan fingerprint density at radius 2 is 1.85 bits per heavy atom. The molecule has 0 aliphatic carbocycles. The van der Waals surface area contributed by atoms with E-state index in [4.69, 9.17) is 17.3 Å². The topological polar surface area (TPSA) is 48.6 Å². The smallest absolute Gasteiger partial charge is 0.123 e. The molecule has 0 bridgehead atoms. The zero-order valence-electron chi connectivity index (χ0n) is 12.3. The number of nitrogens with two attached hydrogens (primary N) is 1. The third-order valence-electron chi connectivity index (χ3n) is 3.64. The van der Waals surface area contributed by atoms with Gasteiger partial charge in [0.2, 0.25) is 0 Å². The number of hydrogen-bond donors (Lipinski definition) is 1. The summed E-state index contributed by atoms with van der Waals surface area (Å²) >= 11 is 6.17. The second kappa shape index (κ2) is 7.22. The number of nitrogen functional groups attached to an aromatic ring is 1. The van der Waals surface area contributed by atoms with Crippen molar-refractivity contribution in [2.24, 2.45) is 0 Å². The van der Waals surface area contributed by atoms with Crippen molar-refractivity contribution < 1.29 is 0 Å². The number of likely N-dealkylation sites (N-methyl/N-ethyl adjacent to an activating group) is 1. The van der Waals surface area contributed by atoms with Gasteiger partial charge in [0.15, 0.2) is 0 Å². The molecule has 1 aliphatic heterocycles. The van der Waals surface area contributed by atoms with Gasteiger partial charge >= 0.3 is 0 Å². The van der Waals surface area contributed by atoms with Gasteiger partial charge in [0.1, 0.15) is 5.82 Å². The van der Waals surface area contributed by atoms with Crippen LogP contribution < -0.4 is 5.73 Å². The molecule has 0 spiro atoms. The van der Waals surface area contributed by atoms with Crippen molar-refractivity contribution in [1.82, 2.24) is 19.7 Å². The van der Waals surface area contributed by atoms with E-state index in [-0.39, 0.29) is 0 Å². The number of halogens is 1. The first-order valence-electron chi connectivity index (χ1n) is 7.05. The summed E-state index contributed by atoms with van der Waals surface area (Å²) in [5.74, 6) is 0.536. The predicted molar refractivity (Wildman–Crippen MR) is 83.9 cm³/mol. The van der Waals surface area contributed by atoms with Gasteiger partial charge in [-0.05, 0) is 26.2 Å². The van der Waals surface area contributed by atoms with Crippen LogP contribution in [0.4, 0.5) is 5.82 Å². The molecule has 1 aliphatic rings. The van der Waals surface area contributed by atoms with E-state index in [1.54, 1.807) is 6.07 Å². The Kier molecular flexibility index (Phi) is 5.60. The van der Waals surface area contributed by atoms with Crippen molar-refractivity contribution in [3.8, 4) is 0 Å². The summed E-state index contributed by atoms with van der Waals surface area (Å²) in [4.78, 5) is 11.4. The highest BCUT2D eigenvalue weighted by molar-refractivity contribution is 6.31. The molecular formula is C14H24ClN5. The fraction of sp³-hybridized carbons (Fsp3) is 0.643. The van der Waals surface area contributed by atoms with Crippen LogP contribution in [0, 0.1) is 0 Å². The number of hydrogen-bond acceptors (Lipinski definition) is 5. The van der Waals surface area contributed by atoms with Gasteiger partial charge in [0.05, 0.1) is 10.7 Å². The Morgan fingerprint density at radius 1 is 1.20 bits per heavy atom. The van der Waals surface area contributed by atoms with Crippen molar-refractivity contribution >= 4 is 17.4 Å². The van der Waals surface area contributed by atoms with Crippen LogP contribution in [0.25, 0.3) is 0 Å².